The minimum Gasteiger partial charge on any atom is -0.372 e. The second-order valence-electron chi connectivity index (χ2n) is 6.82. The van der Waals surface area contributed by atoms with E-state index < -0.39 is 0 Å². The van der Waals surface area contributed by atoms with E-state index in [0.717, 1.165) is 19.4 Å². The summed E-state index contributed by atoms with van der Waals surface area (Å²) in [6, 6.07) is 2.37. The third-order valence-electron chi connectivity index (χ3n) is 4.28. The number of hydrogen-bond acceptors (Lipinski definition) is 3. The highest BCUT2D eigenvalue weighted by molar-refractivity contribution is 5.97. The van der Waals surface area contributed by atoms with Crippen molar-refractivity contribution >= 4 is 5.91 Å². The SMILES string of the molecule is CCN(/C=C(/C#N)C(=O)N(C)C1CCCCC1)C(C)(C)C. The largest absolute Gasteiger partial charge is 0.372 e. The van der Waals surface area contributed by atoms with Crippen LogP contribution in [0.15, 0.2) is 11.8 Å². The average molecular weight is 291 g/mol. The quantitative estimate of drug-likeness (QED) is 0.590. The molecular formula is C17H29N3O. The van der Waals surface area contributed by atoms with Crippen LogP contribution in [0, 0.1) is 11.3 Å². The third kappa shape index (κ3) is 4.77. The summed E-state index contributed by atoms with van der Waals surface area (Å²) in [5.74, 6) is -0.146. The molecule has 0 unspecified atom stereocenters. The van der Waals surface area contributed by atoms with Crippen molar-refractivity contribution < 1.29 is 4.79 Å². The van der Waals surface area contributed by atoms with Crippen LogP contribution in [0.25, 0.3) is 0 Å². The third-order valence-corrected chi connectivity index (χ3v) is 4.28. The van der Waals surface area contributed by atoms with E-state index in [1.54, 1.807) is 11.1 Å². The number of rotatable bonds is 4. The summed E-state index contributed by atoms with van der Waals surface area (Å²) in [6.45, 7) is 9.05. The van der Waals surface area contributed by atoms with Gasteiger partial charge in [0, 0.05) is 31.4 Å². The van der Waals surface area contributed by atoms with E-state index in [1.807, 2.05) is 18.9 Å². The van der Waals surface area contributed by atoms with E-state index in [4.69, 9.17) is 0 Å². The van der Waals surface area contributed by atoms with Gasteiger partial charge in [0.05, 0.1) is 0 Å². The number of carbonyl (C=O) groups excluding carboxylic acids is 1. The van der Waals surface area contributed by atoms with Crippen molar-refractivity contribution in [2.24, 2.45) is 0 Å². The molecule has 0 aromatic heterocycles. The summed E-state index contributed by atoms with van der Waals surface area (Å²) in [5, 5.41) is 9.36. The van der Waals surface area contributed by atoms with Crippen molar-refractivity contribution in [3.8, 4) is 6.07 Å². The summed E-state index contributed by atoms with van der Waals surface area (Å²) >= 11 is 0. The molecule has 0 N–H and O–H groups in total. The van der Waals surface area contributed by atoms with Crippen molar-refractivity contribution in [3.05, 3.63) is 11.8 Å². The zero-order valence-corrected chi connectivity index (χ0v) is 14.1. The van der Waals surface area contributed by atoms with Crippen molar-refractivity contribution in [3.63, 3.8) is 0 Å². The molecule has 0 aromatic rings. The smallest absolute Gasteiger partial charge is 0.265 e. The molecule has 118 valence electrons. The molecule has 0 atom stereocenters. The fourth-order valence-corrected chi connectivity index (χ4v) is 2.87. The lowest BCUT2D eigenvalue weighted by molar-refractivity contribution is -0.128. The highest BCUT2D eigenvalue weighted by Crippen LogP contribution is 2.23. The molecule has 0 aliphatic heterocycles. The highest BCUT2D eigenvalue weighted by atomic mass is 16.2. The van der Waals surface area contributed by atoms with E-state index in [0.29, 0.717) is 0 Å². The molecular weight excluding hydrogens is 262 g/mol. The zero-order chi connectivity index (χ0) is 16.0. The Kier molecular flexibility index (Phi) is 6.26. The Balaban J connectivity index is 2.87. The van der Waals surface area contributed by atoms with Gasteiger partial charge in [-0.2, -0.15) is 5.26 Å². The van der Waals surface area contributed by atoms with E-state index >= 15 is 0 Å². The van der Waals surface area contributed by atoms with Crippen LogP contribution in [0.5, 0.6) is 0 Å². The first kappa shape index (κ1) is 17.6. The van der Waals surface area contributed by atoms with E-state index in [9.17, 15) is 10.1 Å². The molecule has 1 rings (SSSR count). The maximum absolute atomic E-state index is 12.6. The molecule has 21 heavy (non-hydrogen) atoms. The van der Waals surface area contributed by atoms with Gasteiger partial charge < -0.3 is 9.80 Å². The molecule has 4 heteroatoms. The fraction of sp³-hybridized carbons (Fsp3) is 0.765. The van der Waals surface area contributed by atoms with E-state index in [1.165, 1.54) is 19.3 Å². The topological polar surface area (TPSA) is 47.3 Å². The van der Waals surface area contributed by atoms with Crippen LogP contribution in [0.2, 0.25) is 0 Å². The summed E-state index contributed by atoms with van der Waals surface area (Å²) in [6.07, 6.45) is 7.44. The van der Waals surface area contributed by atoms with Crippen LogP contribution >= 0.6 is 0 Å². The number of carbonyl (C=O) groups is 1. The normalized spacial score (nSPS) is 17.2. The van der Waals surface area contributed by atoms with Crippen LogP contribution in [-0.4, -0.2) is 40.9 Å². The molecule has 4 nitrogen and oxygen atoms in total. The summed E-state index contributed by atoms with van der Waals surface area (Å²) in [5.41, 5.74) is 0.139. The van der Waals surface area contributed by atoms with Gasteiger partial charge in [0.1, 0.15) is 11.6 Å². The molecule has 1 fully saturated rings. The van der Waals surface area contributed by atoms with Gasteiger partial charge in [-0.15, -0.1) is 0 Å². The minimum atomic E-state index is -0.146. The summed E-state index contributed by atoms with van der Waals surface area (Å²) in [7, 11) is 1.83. The first-order chi connectivity index (χ1) is 9.81. The Bertz CT molecular complexity index is 422. The Labute approximate surface area is 129 Å². The first-order valence-electron chi connectivity index (χ1n) is 7.97. The highest BCUT2D eigenvalue weighted by Gasteiger charge is 2.26. The van der Waals surface area contributed by atoms with Crippen molar-refractivity contribution in [1.29, 1.82) is 5.26 Å². The monoisotopic (exact) mass is 291 g/mol. The maximum Gasteiger partial charge on any atom is 0.265 e. The lowest BCUT2D eigenvalue weighted by atomic mass is 9.94. The minimum absolute atomic E-state index is 0.0967. The lowest BCUT2D eigenvalue weighted by Crippen LogP contribution is -2.41. The van der Waals surface area contributed by atoms with Gasteiger partial charge in [-0.3, -0.25) is 4.79 Å². The predicted octanol–water partition coefficient (Wildman–Crippen LogP) is 3.31. The molecule has 0 bridgehead atoms. The number of hydrogen-bond donors (Lipinski definition) is 0. The summed E-state index contributed by atoms with van der Waals surface area (Å²) < 4.78 is 0. The molecule has 1 saturated carbocycles. The molecule has 0 saturated heterocycles. The second-order valence-corrected chi connectivity index (χ2v) is 6.82. The Morgan fingerprint density at radius 1 is 1.29 bits per heavy atom. The maximum atomic E-state index is 12.6. The van der Waals surface area contributed by atoms with Gasteiger partial charge in [-0.1, -0.05) is 19.3 Å². The molecule has 0 spiro atoms. The Morgan fingerprint density at radius 2 is 1.86 bits per heavy atom. The number of likely N-dealkylation sites (N-methyl/N-ethyl adjacent to an activating group) is 1. The second kappa shape index (κ2) is 7.49. The van der Waals surface area contributed by atoms with Crippen molar-refractivity contribution in [2.45, 2.75) is 71.4 Å². The summed E-state index contributed by atoms with van der Waals surface area (Å²) in [4.78, 5) is 16.4. The predicted molar refractivity (Wildman–Crippen MR) is 85.5 cm³/mol. The number of nitriles is 1. The lowest BCUT2D eigenvalue weighted by Gasteiger charge is -2.35. The molecule has 1 aliphatic rings. The Morgan fingerprint density at radius 3 is 2.29 bits per heavy atom. The molecule has 0 heterocycles. The van der Waals surface area contributed by atoms with Gasteiger partial charge >= 0.3 is 0 Å². The fourth-order valence-electron chi connectivity index (χ4n) is 2.87. The number of nitrogens with zero attached hydrogens (tertiary/aromatic N) is 3. The molecule has 0 aromatic carbocycles. The van der Waals surface area contributed by atoms with Crippen LogP contribution in [0.1, 0.15) is 59.8 Å². The van der Waals surface area contributed by atoms with Gasteiger partial charge in [0.25, 0.3) is 5.91 Å². The average Bonchev–Trinajstić information content (AvgIpc) is 2.46. The molecule has 0 radical (unpaired) electrons. The first-order valence-corrected chi connectivity index (χ1v) is 7.97. The van der Waals surface area contributed by atoms with Gasteiger partial charge in [0.2, 0.25) is 0 Å². The van der Waals surface area contributed by atoms with Gasteiger partial charge in [-0.25, -0.2) is 0 Å². The van der Waals surface area contributed by atoms with Crippen LogP contribution < -0.4 is 0 Å². The van der Waals surface area contributed by atoms with E-state index in [2.05, 4.69) is 26.8 Å². The van der Waals surface area contributed by atoms with Crippen LogP contribution in [-0.2, 0) is 4.79 Å². The van der Waals surface area contributed by atoms with Gasteiger partial charge in [-0.05, 0) is 40.5 Å². The number of amides is 1. The van der Waals surface area contributed by atoms with Crippen molar-refractivity contribution in [1.82, 2.24) is 9.80 Å². The zero-order valence-electron chi connectivity index (χ0n) is 14.1. The molecule has 1 aliphatic carbocycles. The van der Waals surface area contributed by atoms with Gasteiger partial charge in [0.15, 0.2) is 0 Å². The Hall–Kier alpha value is -1.50. The van der Waals surface area contributed by atoms with Crippen LogP contribution in [0.3, 0.4) is 0 Å². The van der Waals surface area contributed by atoms with E-state index in [-0.39, 0.29) is 23.1 Å². The molecule has 1 amide bonds. The standard InChI is InChI=1S/C17H29N3O/c1-6-20(17(2,3)4)13-14(12-18)16(21)19(5)15-10-8-7-9-11-15/h13,15H,6-11H2,1-5H3/b14-13-. The van der Waals surface area contributed by atoms with Crippen molar-refractivity contribution in [2.75, 3.05) is 13.6 Å². The van der Waals surface area contributed by atoms with Crippen LogP contribution in [0.4, 0.5) is 0 Å².